The van der Waals surface area contributed by atoms with Crippen LogP contribution in [0.3, 0.4) is 0 Å². The maximum Gasteiger partial charge on any atom is 0.331 e. The second-order valence-corrected chi connectivity index (χ2v) is 5.70. The van der Waals surface area contributed by atoms with Gasteiger partial charge in [-0.2, -0.15) is 0 Å². The number of esters is 1. The summed E-state index contributed by atoms with van der Waals surface area (Å²) in [5, 5.41) is 3.23. The first-order valence-electron chi connectivity index (χ1n) is 7.46. The van der Waals surface area contributed by atoms with Gasteiger partial charge in [-0.15, -0.1) is 0 Å². The van der Waals surface area contributed by atoms with E-state index in [0.717, 1.165) is 5.56 Å². The Morgan fingerprint density at radius 2 is 1.79 bits per heavy atom. The summed E-state index contributed by atoms with van der Waals surface area (Å²) in [5.41, 5.74) is 2.45. The molecule has 1 amide bonds. The Balaban J connectivity index is 1.90. The Labute approximate surface area is 146 Å². The van der Waals surface area contributed by atoms with E-state index in [1.54, 1.807) is 36.4 Å². The van der Waals surface area contributed by atoms with Crippen LogP contribution in [0.5, 0.6) is 0 Å². The third-order valence-electron chi connectivity index (χ3n) is 3.29. The zero-order valence-electron chi connectivity index (χ0n) is 13.5. The smallest absolute Gasteiger partial charge is 0.331 e. The number of carbonyl (C=O) groups excluding carboxylic acids is 2. The van der Waals surface area contributed by atoms with Crippen molar-refractivity contribution in [1.82, 2.24) is 0 Å². The summed E-state index contributed by atoms with van der Waals surface area (Å²) in [6, 6.07) is 14.5. The van der Waals surface area contributed by atoms with E-state index in [2.05, 4.69) is 5.32 Å². The van der Waals surface area contributed by atoms with Gasteiger partial charge in [0.2, 0.25) is 0 Å². The molecule has 4 nitrogen and oxygen atoms in total. The molecular formula is C19H18ClNO3. The molecule has 0 heterocycles. The molecule has 0 aliphatic rings. The van der Waals surface area contributed by atoms with Crippen LogP contribution in [0.25, 0.3) is 6.08 Å². The second-order valence-electron chi connectivity index (χ2n) is 5.29. The number of amides is 1. The van der Waals surface area contributed by atoms with Crippen molar-refractivity contribution < 1.29 is 14.3 Å². The molecule has 0 aliphatic carbocycles. The second kappa shape index (κ2) is 8.31. The van der Waals surface area contributed by atoms with Crippen LogP contribution >= 0.6 is 11.6 Å². The van der Waals surface area contributed by atoms with E-state index in [9.17, 15) is 9.59 Å². The van der Waals surface area contributed by atoms with Crippen molar-refractivity contribution in [2.24, 2.45) is 0 Å². The van der Waals surface area contributed by atoms with Crippen LogP contribution in [0.1, 0.15) is 18.1 Å². The van der Waals surface area contributed by atoms with Crippen LogP contribution in [0, 0.1) is 6.92 Å². The van der Waals surface area contributed by atoms with E-state index in [1.807, 2.05) is 25.1 Å². The Kier molecular flexibility index (Phi) is 6.15. The predicted octanol–water partition coefficient (Wildman–Crippen LogP) is 4.23. The number of aryl methyl sites for hydroxylation is 1. The van der Waals surface area contributed by atoms with E-state index < -0.39 is 18.0 Å². The summed E-state index contributed by atoms with van der Waals surface area (Å²) in [4.78, 5) is 23.8. The molecule has 0 fully saturated rings. The number of nitrogens with one attached hydrogen (secondary N) is 1. The lowest BCUT2D eigenvalue weighted by Crippen LogP contribution is -2.29. The molecule has 0 saturated heterocycles. The van der Waals surface area contributed by atoms with Gasteiger partial charge in [0.15, 0.2) is 6.10 Å². The standard InChI is InChI=1S/C19H18ClNO3/c1-13-7-10-16(11-8-13)21-19(23)14(2)24-18(22)12-9-15-5-3-4-6-17(15)20/h3-12,14H,1-2H3,(H,21,23)/b12-9+/t14-/m1/s1. The number of hydrogen-bond donors (Lipinski definition) is 1. The third kappa shape index (κ3) is 5.25. The average molecular weight is 344 g/mol. The lowest BCUT2D eigenvalue weighted by atomic mass is 10.2. The molecule has 2 aromatic carbocycles. The van der Waals surface area contributed by atoms with Crippen molar-refractivity contribution in [2.75, 3.05) is 5.32 Å². The largest absolute Gasteiger partial charge is 0.449 e. The lowest BCUT2D eigenvalue weighted by molar-refractivity contribution is -0.148. The highest BCUT2D eigenvalue weighted by Gasteiger charge is 2.16. The molecule has 1 N–H and O–H groups in total. The Bertz CT molecular complexity index is 753. The first kappa shape index (κ1) is 17.8. The normalized spacial score (nSPS) is 12.0. The zero-order valence-corrected chi connectivity index (χ0v) is 14.2. The first-order valence-corrected chi connectivity index (χ1v) is 7.84. The SMILES string of the molecule is Cc1ccc(NC(=O)[C@@H](C)OC(=O)/C=C/c2ccccc2Cl)cc1. The van der Waals surface area contributed by atoms with Crippen molar-refractivity contribution >= 4 is 35.2 Å². The van der Waals surface area contributed by atoms with Gasteiger partial charge < -0.3 is 10.1 Å². The Morgan fingerprint density at radius 3 is 2.46 bits per heavy atom. The van der Waals surface area contributed by atoms with E-state index in [1.165, 1.54) is 13.0 Å². The molecule has 0 saturated carbocycles. The third-order valence-corrected chi connectivity index (χ3v) is 3.63. The average Bonchev–Trinajstić information content (AvgIpc) is 2.56. The van der Waals surface area contributed by atoms with Gasteiger partial charge in [-0.05, 0) is 43.7 Å². The summed E-state index contributed by atoms with van der Waals surface area (Å²) in [6.45, 7) is 3.48. The van der Waals surface area contributed by atoms with Crippen molar-refractivity contribution in [3.63, 3.8) is 0 Å². The highest BCUT2D eigenvalue weighted by molar-refractivity contribution is 6.32. The number of benzene rings is 2. The van der Waals surface area contributed by atoms with Crippen LogP contribution in [0.4, 0.5) is 5.69 Å². The predicted molar refractivity (Wildman–Crippen MR) is 95.8 cm³/mol. The van der Waals surface area contributed by atoms with Gasteiger partial charge in [0.1, 0.15) is 0 Å². The summed E-state index contributed by atoms with van der Waals surface area (Å²) < 4.78 is 5.09. The molecule has 24 heavy (non-hydrogen) atoms. The fourth-order valence-electron chi connectivity index (χ4n) is 1.92. The number of halogens is 1. The number of anilines is 1. The molecule has 2 rings (SSSR count). The van der Waals surface area contributed by atoms with Gasteiger partial charge in [0, 0.05) is 16.8 Å². The van der Waals surface area contributed by atoms with Crippen LogP contribution in [0.15, 0.2) is 54.6 Å². The molecule has 2 aromatic rings. The number of hydrogen-bond acceptors (Lipinski definition) is 3. The van der Waals surface area contributed by atoms with Gasteiger partial charge in [0.25, 0.3) is 5.91 Å². The molecule has 124 valence electrons. The molecule has 0 radical (unpaired) electrons. The van der Waals surface area contributed by atoms with Crippen molar-refractivity contribution in [1.29, 1.82) is 0 Å². The van der Waals surface area contributed by atoms with Crippen molar-refractivity contribution in [2.45, 2.75) is 20.0 Å². The lowest BCUT2D eigenvalue weighted by Gasteiger charge is -2.12. The molecule has 0 bridgehead atoms. The molecule has 5 heteroatoms. The van der Waals surface area contributed by atoms with Crippen LogP contribution < -0.4 is 5.32 Å². The van der Waals surface area contributed by atoms with Gasteiger partial charge in [-0.25, -0.2) is 4.79 Å². The minimum Gasteiger partial charge on any atom is -0.449 e. The summed E-state index contributed by atoms with van der Waals surface area (Å²) >= 11 is 6.00. The van der Waals surface area contributed by atoms with E-state index in [-0.39, 0.29) is 0 Å². The molecule has 0 unspecified atom stereocenters. The minimum atomic E-state index is -0.908. The van der Waals surface area contributed by atoms with Gasteiger partial charge >= 0.3 is 5.97 Å². The fourth-order valence-corrected chi connectivity index (χ4v) is 2.11. The van der Waals surface area contributed by atoms with Crippen molar-refractivity contribution in [3.05, 3.63) is 70.8 Å². The highest BCUT2D eigenvalue weighted by Crippen LogP contribution is 2.16. The summed E-state index contributed by atoms with van der Waals surface area (Å²) in [5.74, 6) is -1.00. The zero-order chi connectivity index (χ0) is 17.5. The topological polar surface area (TPSA) is 55.4 Å². The fraction of sp³-hybridized carbons (Fsp3) is 0.158. The highest BCUT2D eigenvalue weighted by atomic mass is 35.5. The van der Waals surface area contributed by atoms with Crippen LogP contribution in [-0.4, -0.2) is 18.0 Å². The van der Waals surface area contributed by atoms with Gasteiger partial charge in [-0.3, -0.25) is 4.79 Å². The number of carbonyl (C=O) groups is 2. The Hall–Kier alpha value is -2.59. The van der Waals surface area contributed by atoms with Crippen LogP contribution in [0.2, 0.25) is 5.02 Å². The van der Waals surface area contributed by atoms with Crippen LogP contribution in [-0.2, 0) is 14.3 Å². The quantitative estimate of drug-likeness (QED) is 0.652. The summed E-state index contributed by atoms with van der Waals surface area (Å²) in [6.07, 6.45) is 1.89. The molecule has 1 atom stereocenters. The Morgan fingerprint density at radius 1 is 1.12 bits per heavy atom. The van der Waals surface area contributed by atoms with Crippen molar-refractivity contribution in [3.8, 4) is 0 Å². The van der Waals surface area contributed by atoms with E-state index in [4.69, 9.17) is 16.3 Å². The van der Waals surface area contributed by atoms with Gasteiger partial charge in [-0.1, -0.05) is 47.5 Å². The molecule has 0 aliphatic heterocycles. The number of rotatable bonds is 5. The first-order chi connectivity index (χ1) is 11.5. The molecular weight excluding hydrogens is 326 g/mol. The molecule has 0 aromatic heterocycles. The molecule has 0 spiro atoms. The summed E-state index contributed by atoms with van der Waals surface area (Å²) in [7, 11) is 0. The van der Waals surface area contributed by atoms with Gasteiger partial charge in [0.05, 0.1) is 0 Å². The monoisotopic (exact) mass is 343 g/mol. The van der Waals surface area contributed by atoms with E-state index >= 15 is 0 Å². The maximum atomic E-state index is 12.0. The number of ether oxygens (including phenoxy) is 1. The van der Waals surface area contributed by atoms with E-state index in [0.29, 0.717) is 16.3 Å². The minimum absolute atomic E-state index is 0.390. The maximum absolute atomic E-state index is 12.0.